The number of terminal acetylenes is 1. The van der Waals surface area contributed by atoms with Crippen LogP contribution >= 0.6 is 0 Å². The van der Waals surface area contributed by atoms with E-state index in [0.717, 1.165) is 31.6 Å². The van der Waals surface area contributed by atoms with Crippen molar-refractivity contribution >= 4 is 5.71 Å². The van der Waals surface area contributed by atoms with E-state index >= 15 is 0 Å². The van der Waals surface area contributed by atoms with Crippen LogP contribution in [0.4, 0.5) is 0 Å². The lowest BCUT2D eigenvalue weighted by molar-refractivity contribution is -0.00190. The van der Waals surface area contributed by atoms with Gasteiger partial charge in [0.1, 0.15) is 5.71 Å². The molecule has 86 valence electrons. The Morgan fingerprint density at radius 3 is 2.65 bits per heavy atom. The van der Waals surface area contributed by atoms with Crippen LogP contribution in [0.25, 0.3) is 11.1 Å². The van der Waals surface area contributed by atoms with Gasteiger partial charge in [0.15, 0.2) is 5.60 Å². The Morgan fingerprint density at radius 2 is 2.24 bits per heavy atom. The molecule has 3 heteroatoms. The summed E-state index contributed by atoms with van der Waals surface area (Å²) in [6.07, 6.45) is 7.02. The maximum Gasteiger partial charge on any atom is 0.157 e. The standard InChI is InChI=1S/C8H10N2O.C6H4/c1-2-7-5-8(11-10-7)3-4-9-6-8;1-2-5-4-6(5)3-1/h1,9H,3-6H2;1-4H. The molecule has 1 spiro atoms. The van der Waals surface area contributed by atoms with E-state index < -0.39 is 0 Å². The largest absolute Gasteiger partial charge is 0.387 e. The van der Waals surface area contributed by atoms with Crippen LogP contribution in [0.5, 0.6) is 0 Å². The normalized spacial score (nSPS) is 26.6. The fourth-order valence-electron chi connectivity index (χ4n) is 2.22. The summed E-state index contributed by atoms with van der Waals surface area (Å²) in [6.45, 7) is 1.88. The van der Waals surface area contributed by atoms with Crippen LogP contribution in [-0.4, -0.2) is 24.4 Å². The van der Waals surface area contributed by atoms with Crippen LogP contribution in [0.2, 0.25) is 0 Å². The first-order valence-corrected chi connectivity index (χ1v) is 5.84. The van der Waals surface area contributed by atoms with Gasteiger partial charge in [0.2, 0.25) is 0 Å². The highest BCUT2D eigenvalue weighted by Gasteiger charge is 2.41. The summed E-state index contributed by atoms with van der Waals surface area (Å²) < 4.78 is 0. The Bertz CT molecular complexity index is 490. The molecule has 4 aliphatic rings. The van der Waals surface area contributed by atoms with Crippen molar-refractivity contribution in [3.05, 3.63) is 24.3 Å². The fourth-order valence-corrected chi connectivity index (χ4v) is 2.22. The van der Waals surface area contributed by atoms with Gasteiger partial charge in [0, 0.05) is 19.4 Å². The van der Waals surface area contributed by atoms with Crippen molar-refractivity contribution in [3.8, 4) is 23.5 Å². The second kappa shape index (κ2) is 3.90. The van der Waals surface area contributed by atoms with Gasteiger partial charge in [-0.25, -0.2) is 0 Å². The molecule has 0 saturated carbocycles. The molecule has 4 rings (SSSR count). The summed E-state index contributed by atoms with van der Waals surface area (Å²) in [7, 11) is 0. The Kier molecular flexibility index (Phi) is 2.38. The molecule has 0 aromatic heterocycles. The zero-order valence-electron chi connectivity index (χ0n) is 9.57. The number of oxime groups is 1. The predicted molar refractivity (Wildman–Crippen MR) is 67.6 cm³/mol. The molecule has 1 unspecified atom stereocenters. The Morgan fingerprint density at radius 1 is 1.41 bits per heavy atom. The van der Waals surface area contributed by atoms with Crippen molar-refractivity contribution in [1.82, 2.24) is 5.32 Å². The molecule has 2 aliphatic heterocycles. The molecule has 0 bridgehead atoms. The minimum atomic E-state index is -0.0955. The van der Waals surface area contributed by atoms with Gasteiger partial charge in [-0.2, -0.15) is 0 Å². The quantitative estimate of drug-likeness (QED) is 0.695. The number of hydrogen-bond donors (Lipinski definition) is 1. The highest BCUT2D eigenvalue weighted by atomic mass is 16.7. The maximum absolute atomic E-state index is 5.29. The molecular weight excluding hydrogens is 212 g/mol. The number of rotatable bonds is 0. The number of benzene rings is 1. The van der Waals surface area contributed by atoms with E-state index in [2.05, 4.69) is 40.7 Å². The molecule has 3 nitrogen and oxygen atoms in total. The van der Waals surface area contributed by atoms with Gasteiger partial charge >= 0.3 is 0 Å². The Labute approximate surface area is 101 Å². The average molecular weight is 226 g/mol. The van der Waals surface area contributed by atoms with Crippen molar-refractivity contribution in [2.75, 3.05) is 13.1 Å². The smallest absolute Gasteiger partial charge is 0.157 e. The highest BCUT2D eigenvalue weighted by Crippen LogP contribution is 2.32. The molecule has 17 heavy (non-hydrogen) atoms. The molecule has 1 atom stereocenters. The lowest BCUT2D eigenvalue weighted by Gasteiger charge is -2.17. The third-order valence-electron chi connectivity index (χ3n) is 3.32. The number of fused-ring (bicyclic) bond motifs is 1. The van der Waals surface area contributed by atoms with Gasteiger partial charge in [0.05, 0.1) is 0 Å². The minimum Gasteiger partial charge on any atom is -0.387 e. The first-order valence-electron chi connectivity index (χ1n) is 5.84. The predicted octanol–water partition coefficient (Wildman–Crippen LogP) is 1.79. The summed E-state index contributed by atoms with van der Waals surface area (Å²) in [5, 5.41) is 7.06. The van der Waals surface area contributed by atoms with Gasteiger partial charge in [0.25, 0.3) is 0 Å². The van der Waals surface area contributed by atoms with Gasteiger partial charge in [-0.3, -0.25) is 0 Å². The number of hydrogen-bond acceptors (Lipinski definition) is 3. The highest BCUT2D eigenvalue weighted by molar-refractivity contribution is 6.01. The fraction of sp³-hybridized carbons (Fsp3) is 0.357. The number of nitrogens with zero attached hydrogens (tertiary/aromatic N) is 1. The van der Waals surface area contributed by atoms with Crippen molar-refractivity contribution in [1.29, 1.82) is 0 Å². The van der Waals surface area contributed by atoms with Gasteiger partial charge in [-0.15, -0.1) is 6.42 Å². The lowest BCUT2D eigenvalue weighted by atomic mass is 9.97. The van der Waals surface area contributed by atoms with E-state index in [1.165, 1.54) is 11.1 Å². The van der Waals surface area contributed by atoms with Crippen LogP contribution in [0, 0.1) is 12.3 Å². The van der Waals surface area contributed by atoms with Gasteiger partial charge in [-0.1, -0.05) is 29.3 Å². The van der Waals surface area contributed by atoms with Crippen molar-refractivity contribution < 1.29 is 4.84 Å². The molecule has 1 fully saturated rings. The molecule has 0 aromatic rings. The average Bonchev–Trinajstić information content (AvgIpc) is 2.86. The first kappa shape index (κ1) is 10.4. The monoisotopic (exact) mass is 226 g/mol. The SMILES string of the molecule is C#CC1=NOC2(CCNC2)C1.c1cc2cc-2c1. The van der Waals surface area contributed by atoms with Crippen LogP contribution in [0.15, 0.2) is 29.4 Å². The molecule has 2 heterocycles. The van der Waals surface area contributed by atoms with E-state index in [9.17, 15) is 0 Å². The third kappa shape index (κ3) is 2.04. The molecular formula is C14H14N2O. The molecule has 2 aliphatic carbocycles. The van der Waals surface area contributed by atoms with E-state index in [4.69, 9.17) is 11.3 Å². The minimum absolute atomic E-state index is 0.0955. The zero-order chi connectivity index (χ0) is 11.7. The first-order chi connectivity index (χ1) is 8.31. The van der Waals surface area contributed by atoms with E-state index in [1.54, 1.807) is 0 Å². The number of nitrogens with one attached hydrogen (secondary N) is 1. The van der Waals surface area contributed by atoms with Gasteiger partial charge < -0.3 is 10.2 Å². The van der Waals surface area contributed by atoms with Gasteiger partial charge in [-0.05, 0) is 23.7 Å². The van der Waals surface area contributed by atoms with E-state index in [1.807, 2.05) is 0 Å². The maximum atomic E-state index is 5.29. The topological polar surface area (TPSA) is 33.6 Å². The summed E-state index contributed by atoms with van der Waals surface area (Å²) in [5.41, 5.74) is 3.50. The molecule has 0 aromatic carbocycles. The Balaban J connectivity index is 0.000000125. The third-order valence-corrected chi connectivity index (χ3v) is 3.32. The molecule has 1 saturated heterocycles. The summed E-state index contributed by atoms with van der Waals surface area (Å²) >= 11 is 0. The summed E-state index contributed by atoms with van der Waals surface area (Å²) in [4.78, 5) is 5.29. The van der Waals surface area contributed by atoms with Crippen molar-refractivity contribution in [2.24, 2.45) is 5.16 Å². The molecule has 0 radical (unpaired) electrons. The van der Waals surface area contributed by atoms with Crippen LogP contribution in [0.3, 0.4) is 0 Å². The van der Waals surface area contributed by atoms with Crippen LogP contribution in [0.1, 0.15) is 12.8 Å². The van der Waals surface area contributed by atoms with Crippen LogP contribution in [-0.2, 0) is 4.84 Å². The lowest BCUT2D eigenvalue weighted by Crippen LogP contribution is -2.31. The second-order valence-electron chi connectivity index (χ2n) is 4.64. The van der Waals surface area contributed by atoms with Crippen LogP contribution < -0.4 is 5.32 Å². The molecule has 1 N–H and O–H groups in total. The molecule has 0 amide bonds. The van der Waals surface area contributed by atoms with Crippen molar-refractivity contribution in [2.45, 2.75) is 18.4 Å². The van der Waals surface area contributed by atoms with Crippen molar-refractivity contribution in [3.63, 3.8) is 0 Å². The summed E-state index contributed by atoms with van der Waals surface area (Å²) in [5.74, 6) is 2.51. The Hall–Kier alpha value is -1.79. The van der Waals surface area contributed by atoms with E-state index in [-0.39, 0.29) is 5.60 Å². The second-order valence-corrected chi connectivity index (χ2v) is 4.64. The summed E-state index contributed by atoms with van der Waals surface area (Å²) in [6, 6.07) is 8.48. The van der Waals surface area contributed by atoms with E-state index in [0.29, 0.717) is 0 Å². The zero-order valence-corrected chi connectivity index (χ0v) is 9.57.